The number of rotatable bonds is 7. The third kappa shape index (κ3) is 4.98. The number of nitrogens with zero attached hydrogens (tertiary/aromatic N) is 2. The van der Waals surface area contributed by atoms with Gasteiger partial charge in [0.25, 0.3) is 10.0 Å². The number of aromatic nitrogens is 2. The molecule has 0 saturated carbocycles. The Bertz CT molecular complexity index is 1400. The summed E-state index contributed by atoms with van der Waals surface area (Å²) in [7, 11) is -3.86. The first-order valence-electron chi connectivity index (χ1n) is 11.0. The van der Waals surface area contributed by atoms with Crippen LogP contribution in [0.2, 0.25) is 0 Å². The van der Waals surface area contributed by atoms with Crippen molar-refractivity contribution in [3.63, 3.8) is 0 Å². The van der Waals surface area contributed by atoms with Gasteiger partial charge in [0, 0.05) is 5.69 Å². The van der Waals surface area contributed by atoms with Gasteiger partial charge in [0.15, 0.2) is 11.6 Å². The summed E-state index contributed by atoms with van der Waals surface area (Å²) in [5, 5.41) is 3.25. The SMILES string of the molecule is CCC(C)c1ccc(Nc2nc3ccccc3nc2NS(=O)(=O)c2cc(C)ccc2C)cc1. The number of fused-ring (bicyclic) bond motifs is 1. The molecular weight excluding hydrogens is 432 g/mol. The molecule has 0 spiro atoms. The van der Waals surface area contributed by atoms with Gasteiger partial charge in [-0.2, -0.15) is 0 Å². The van der Waals surface area contributed by atoms with Gasteiger partial charge in [-0.1, -0.05) is 50.2 Å². The summed E-state index contributed by atoms with van der Waals surface area (Å²) >= 11 is 0. The fourth-order valence-corrected chi connectivity index (χ4v) is 4.94. The summed E-state index contributed by atoms with van der Waals surface area (Å²) in [6, 6.07) is 20.8. The molecule has 6 nitrogen and oxygen atoms in total. The second kappa shape index (κ2) is 9.19. The molecule has 0 amide bonds. The molecule has 0 radical (unpaired) electrons. The summed E-state index contributed by atoms with van der Waals surface area (Å²) in [5.74, 6) is 0.971. The van der Waals surface area contributed by atoms with Crippen molar-refractivity contribution in [2.45, 2.75) is 44.9 Å². The number of aryl methyl sites for hydroxylation is 2. The van der Waals surface area contributed by atoms with Crippen molar-refractivity contribution >= 4 is 38.4 Å². The van der Waals surface area contributed by atoms with Crippen molar-refractivity contribution in [2.75, 3.05) is 10.0 Å². The van der Waals surface area contributed by atoms with E-state index in [4.69, 9.17) is 0 Å². The van der Waals surface area contributed by atoms with Gasteiger partial charge in [0.1, 0.15) is 0 Å². The lowest BCUT2D eigenvalue weighted by molar-refractivity contribution is 0.600. The van der Waals surface area contributed by atoms with Crippen LogP contribution in [0.3, 0.4) is 0 Å². The molecule has 4 aromatic rings. The lowest BCUT2D eigenvalue weighted by atomic mass is 9.99. The van der Waals surface area contributed by atoms with Crippen LogP contribution in [0.1, 0.15) is 42.9 Å². The van der Waals surface area contributed by atoms with Crippen LogP contribution in [-0.4, -0.2) is 18.4 Å². The number of nitrogens with one attached hydrogen (secondary N) is 2. The van der Waals surface area contributed by atoms with E-state index in [-0.39, 0.29) is 10.7 Å². The first-order valence-corrected chi connectivity index (χ1v) is 12.5. The molecule has 0 bridgehead atoms. The molecule has 2 N–H and O–H groups in total. The Labute approximate surface area is 195 Å². The van der Waals surface area contributed by atoms with Gasteiger partial charge in [-0.15, -0.1) is 0 Å². The molecule has 170 valence electrons. The quantitative estimate of drug-likeness (QED) is 0.338. The maximum absolute atomic E-state index is 13.3. The third-order valence-electron chi connectivity index (χ3n) is 5.79. The van der Waals surface area contributed by atoms with E-state index in [1.807, 2.05) is 49.4 Å². The second-order valence-corrected chi connectivity index (χ2v) is 9.99. The van der Waals surface area contributed by atoms with Gasteiger partial charge < -0.3 is 5.32 Å². The van der Waals surface area contributed by atoms with E-state index in [1.165, 1.54) is 5.56 Å². The van der Waals surface area contributed by atoms with Crippen LogP contribution < -0.4 is 10.0 Å². The Morgan fingerprint density at radius 1 is 0.879 bits per heavy atom. The summed E-state index contributed by atoms with van der Waals surface area (Å²) in [4.78, 5) is 9.46. The fraction of sp³-hybridized carbons (Fsp3) is 0.231. The smallest absolute Gasteiger partial charge is 0.263 e. The number of hydrogen-bond donors (Lipinski definition) is 2. The highest BCUT2D eigenvalue weighted by atomic mass is 32.2. The summed E-state index contributed by atoms with van der Waals surface area (Å²) in [6.45, 7) is 8.00. The van der Waals surface area contributed by atoms with E-state index in [9.17, 15) is 8.42 Å². The Hall–Kier alpha value is -3.45. The summed E-state index contributed by atoms with van der Waals surface area (Å²) in [6.07, 6.45) is 1.06. The Morgan fingerprint density at radius 3 is 2.15 bits per heavy atom. The Kier molecular flexibility index (Phi) is 6.33. The van der Waals surface area contributed by atoms with Crippen molar-refractivity contribution in [3.05, 3.63) is 83.4 Å². The minimum atomic E-state index is -3.86. The highest BCUT2D eigenvalue weighted by Crippen LogP contribution is 2.29. The zero-order valence-corrected chi connectivity index (χ0v) is 20.1. The average molecular weight is 461 g/mol. The molecule has 3 aromatic carbocycles. The van der Waals surface area contributed by atoms with E-state index in [0.29, 0.717) is 28.3 Å². The van der Waals surface area contributed by atoms with Gasteiger partial charge in [0.05, 0.1) is 15.9 Å². The van der Waals surface area contributed by atoms with Gasteiger partial charge >= 0.3 is 0 Å². The zero-order chi connectivity index (χ0) is 23.6. The van der Waals surface area contributed by atoms with Crippen LogP contribution in [0.15, 0.2) is 71.6 Å². The minimum absolute atomic E-state index is 0.153. The Balaban J connectivity index is 1.74. The van der Waals surface area contributed by atoms with Crippen LogP contribution >= 0.6 is 0 Å². The molecule has 1 unspecified atom stereocenters. The highest BCUT2D eigenvalue weighted by Gasteiger charge is 2.21. The van der Waals surface area contributed by atoms with Crippen molar-refractivity contribution in [2.24, 2.45) is 0 Å². The van der Waals surface area contributed by atoms with Gasteiger partial charge in [-0.05, 0) is 73.2 Å². The molecule has 7 heteroatoms. The molecule has 0 fully saturated rings. The molecule has 1 heterocycles. The largest absolute Gasteiger partial charge is 0.337 e. The maximum Gasteiger partial charge on any atom is 0.263 e. The molecule has 33 heavy (non-hydrogen) atoms. The highest BCUT2D eigenvalue weighted by molar-refractivity contribution is 7.92. The fourth-order valence-electron chi connectivity index (χ4n) is 3.60. The summed E-state index contributed by atoms with van der Waals surface area (Å²) in [5.41, 5.74) is 4.87. The molecule has 0 saturated heterocycles. The first-order chi connectivity index (χ1) is 15.8. The van der Waals surface area contributed by atoms with Gasteiger partial charge in [-0.25, -0.2) is 18.4 Å². The van der Waals surface area contributed by atoms with E-state index >= 15 is 0 Å². The lowest BCUT2D eigenvalue weighted by Gasteiger charge is -2.16. The summed E-state index contributed by atoms with van der Waals surface area (Å²) < 4.78 is 29.2. The topological polar surface area (TPSA) is 84.0 Å². The molecule has 1 aromatic heterocycles. The van der Waals surface area contributed by atoms with Crippen LogP contribution in [-0.2, 0) is 10.0 Å². The third-order valence-corrected chi connectivity index (χ3v) is 7.27. The molecule has 1 atom stereocenters. The predicted molar refractivity (Wildman–Crippen MR) is 135 cm³/mol. The van der Waals surface area contributed by atoms with Crippen molar-refractivity contribution in [1.82, 2.24) is 9.97 Å². The van der Waals surface area contributed by atoms with Crippen molar-refractivity contribution in [1.29, 1.82) is 0 Å². The average Bonchev–Trinajstić information content (AvgIpc) is 2.80. The number of hydrogen-bond acceptors (Lipinski definition) is 5. The van der Waals surface area contributed by atoms with Crippen molar-refractivity contribution < 1.29 is 8.42 Å². The normalized spacial score (nSPS) is 12.5. The van der Waals surface area contributed by atoms with Crippen molar-refractivity contribution in [3.8, 4) is 0 Å². The van der Waals surface area contributed by atoms with E-state index < -0.39 is 10.0 Å². The van der Waals surface area contributed by atoms with Crippen LogP contribution in [0.25, 0.3) is 11.0 Å². The molecule has 0 aliphatic heterocycles. The first kappa shape index (κ1) is 22.7. The number of para-hydroxylation sites is 2. The monoisotopic (exact) mass is 460 g/mol. The van der Waals surface area contributed by atoms with Crippen LogP contribution in [0.5, 0.6) is 0 Å². The van der Waals surface area contributed by atoms with E-state index in [1.54, 1.807) is 19.1 Å². The van der Waals surface area contributed by atoms with E-state index in [2.05, 4.69) is 46.0 Å². The van der Waals surface area contributed by atoms with Crippen LogP contribution in [0, 0.1) is 13.8 Å². The van der Waals surface area contributed by atoms with E-state index in [0.717, 1.165) is 17.7 Å². The number of sulfonamides is 1. The Morgan fingerprint density at radius 2 is 1.52 bits per heavy atom. The van der Waals surface area contributed by atoms with Gasteiger partial charge in [-0.3, -0.25) is 4.72 Å². The molecular formula is C26H28N4O2S. The number of anilines is 3. The van der Waals surface area contributed by atoms with Gasteiger partial charge in [0.2, 0.25) is 0 Å². The molecule has 0 aliphatic carbocycles. The standard InChI is InChI=1S/C26H28N4O2S/c1-5-18(3)20-12-14-21(15-13-20)27-25-26(29-23-9-7-6-8-22(23)28-25)30-33(31,32)24-16-17(2)10-11-19(24)4/h6-16,18H,5H2,1-4H3,(H,27,28)(H,29,30). The molecule has 4 rings (SSSR count). The molecule has 0 aliphatic rings. The number of benzene rings is 3. The second-order valence-electron chi connectivity index (χ2n) is 8.34. The minimum Gasteiger partial charge on any atom is -0.337 e. The predicted octanol–water partition coefficient (Wildman–Crippen LogP) is 6.30. The van der Waals surface area contributed by atoms with Crippen LogP contribution in [0.4, 0.5) is 17.3 Å². The maximum atomic E-state index is 13.3. The lowest BCUT2D eigenvalue weighted by Crippen LogP contribution is -2.17. The zero-order valence-electron chi connectivity index (χ0n) is 19.3.